The molecule has 0 aliphatic heterocycles. The standard InChI is InChI=1S/C15H20O3/c1-8-12(16)6-11-9-4-5-10(13(17)18)15(8,11)7-14(9,2)3/h9-11H,1,4-7H2,2-3H3,(H,17,18)/t9?,10-,11+,15-/m1/s1. The van der Waals surface area contributed by atoms with Crippen LogP contribution in [0.15, 0.2) is 12.2 Å². The Labute approximate surface area is 107 Å². The Bertz CT molecular complexity index is 462. The summed E-state index contributed by atoms with van der Waals surface area (Å²) in [7, 11) is 0. The number of carboxylic acid groups (broad SMARTS) is 1. The van der Waals surface area contributed by atoms with Gasteiger partial charge in [-0.25, -0.2) is 0 Å². The molecule has 0 aromatic rings. The van der Waals surface area contributed by atoms with Gasteiger partial charge in [0.2, 0.25) is 0 Å². The number of Topliss-reactive ketones (excluding diaryl/α,β-unsaturated/α-hetero) is 1. The first-order valence-corrected chi connectivity index (χ1v) is 6.76. The van der Waals surface area contributed by atoms with Crippen LogP contribution in [0.2, 0.25) is 0 Å². The first kappa shape index (κ1) is 11.9. The molecule has 0 spiro atoms. The molecule has 1 unspecified atom stereocenters. The van der Waals surface area contributed by atoms with Crippen molar-refractivity contribution in [2.45, 2.75) is 39.5 Å². The van der Waals surface area contributed by atoms with E-state index in [0.717, 1.165) is 12.8 Å². The lowest BCUT2D eigenvalue weighted by molar-refractivity contribution is -0.148. The lowest BCUT2D eigenvalue weighted by atomic mass is 9.61. The summed E-state index contributed by atoms with van der Waals surface area (Å²) in [4.78, 5) is 23.6. The van der Waals surface area contributed by atoms with Crippen molar-refractivity contribution in [2.24, 2.45) is 28.6 Å². The fraction of sp³-hybridized carbons (Fsp3) is 0.733. The van der Waals surface area contributed by atoms with Crippen LogP contribution < -0.4 is 0 Å². The second kappa shape index (κ2) is 3.25. The smallest absolute Gasteiger partial charge is 0.307 e. The van der Waals surface area contributed by atoms with E-state index in [1.54, 1.807) is 0 Å². The van der Waals surface area contributed by atoms with Gasteiger partial charge in [-0.15, -0.1) is 0 Å². The van der Waals surface area contributed by atoms with E-state index < -0.39 is 17.3 Å². The zero-order valence-corrected chi connectivity index (χ0v) is 11.0. The van der Waals surface area contributed by atoms with Crippen LogP contribution in [0.4, 0.5) is 0 Å². The Kier molecular flexibility index (Phi) is 2.16. The highest BCUT2D eigenvalue weighted by Gasteiger charge is 2.68. The molecule has 0 radical (unpaired) electrons. The number of ketones is 1. The zero-order chi connectivity index (χ0) is 13.3. The topological polar surface area (TPSA) is 54.4 Å². The molecule has 1 N–H and O–H groups in total. The third-order valence-corrected chi connectivity index (χ3v) is 5.89. The van der Waals surface area contributed by atoms with E-state index in [4.69, 9.17) is 0 Å². The summed E-state index contributed by atoms with van der Waals surface area (Å²) in [6.45, 7) is 8.42. The van der Waals surface area contributed by atoms with Crippen molar-refractivity contribution in [3.8, 4) is 0 Å². The molecular formula is C15H20O3. The van der Waals surface area contributed by atoms with Crippen LogP contribution in [0.25, 0.3) is 0 Å². The van der Waals surface area contributed by atoms with Gasteiger partial charge >= 0.3 is 5.97 Å². The van der Waals surface area contributed by atoms with Gasteiger partial charge in [0.15, 0.2) is 5.78 Å². The highest BCUT2D eigenvalue weighted by molar-refractivity contribution is 6.00. The highest BCUT2D eigenvalue weighted by atomic mass is 16.4. The molecule has 0 saturated heterocycles. The minimum Gasteiger partial charge on any atom is -0.481 e. The zero-order valence-electron chi connectivity index (χ0n) is 11.0. The van der Waals surface area contributed by atoms with E-state index in [0.29, 0.717) is 24.3 Å². The lowest BCUT2D eigenvalue weighted by Gasteiger charge is -2.41. The van der Waals surface area contributed by atoms with E-state index in [1.165, 1.54) is 0 Å². The molecule has 3 fully saturated rings. The van der Waals surface area contributed by atoms with Crippen molar-refractivity contribution in [1.82, 2.24) is 0 Å². The number of carboxylic acids is 1. The van der Waals surface area contributed by atoms with Gasteiger partial charge < -0.3 is 5.11 Å². The summed E-state index contributed by atoms with van der Waals surface area (Å²) in [6.07, 6.45) is 2.98. The summed E-state index contributed by atoms with van der Waals surface area (Å²) in [5, 5.41) is 9.52. The summed E-state index contributed by atoms with van der Waals surface area (Å²) < 4.78 is 0. The summed E-state index contributed by atoms with van der Waals surface area (Å²) in [5.41, 5.74) is 0.309. The van der Waals surface area contributed by atoms with Gasteiger partial charge in [-0.2, -0.15) is 0 Å². The van der Waals surface area contributed by atoms with Gasteiger partial charge in [0.05, 0.1) is 5.92 Å². The predicted molar refractivity (Wildman–Crippen MR) is 66.9 cm³/mol. The average molecular weight is 248 g/mol. The maximum Gasteiger partial charge on any atom is 0.307 e. The van der Waals surface area contributed by atoms with Gasteiger partial charge in [-0.05, 0) is 42.1 Å². The summed E-state index contributed by atoms with van der Waals surface area (Å²) in [6, 6.07) is 0. The fourth-order valence-electron chi connectivity index (χ4n) is 5.29. The second-order valence-corrected chi connectivity index (χ2v) is 6.99. The first-order valence-electron chi connectivity index (χ1n) is 6.76. The van der Waals surface area contributed by atoms with Gasteiger partial charge in [0.25, 0.3) is 0 Å². The lowest BCUT2D eigenvalue weighted by Crippen LogP contribution is -2.41. The Hall–Kier alpha value is -1.12. The van der Waals surface area contributed by atoms with Crippen LogP contribution >= 0.6 is 0 Å². The van der Waals surface area contributed by atoms with E-state index in [-0.39, 0.29) is 17.1 Å². The van der Waals surface area contributed by atoms with Crippen molar-refractivity contribution < 1.29 is 14.7 Å². The van der Waals surface area contributed by atoms with E-state index in [9.17, 15) is 14.7 Å². The van der Waals surface area contributed by atoms with Gasteiger partial charge in [0, 0.05) is 11.8 Å². The van der Waals surface area contributed by atoms with Crippen molar-refractivity contribution >= 4 is 11.8 Å². The van der Waals surface area contributed by atoms with Gasteiger partial charge in [-0.1, -0.05) is 20.4 Å². The molecule has 4 atom stereocenters. The maximum absolute atomic E-state index is 12.0. The van der Waals surface area contributed by atoms with Gasteiger partial charge in [0.1, 0.15) is 0 Å². The van der Waals surface area contributed by atoms with Crippen molar-refractivity contribution in [2.75, 3.05) is 0 Å². The third-order valence-electron chi connectivity index (χ3n) is 5.89. The number of allylic oxidation sites excluding steroid dienone is 1. The van der Waals surface area contributed by atoms with Crippen LogP contribution in [-0.2, 0) is 9.59 Å². The van der Waals surface area contributed by atoms with Crippen LogP contribution in [0.1, 0.15) is 39.5 Å². The monoisotopic (exact) mass is 248 g/mol. The van der Waals surface area contributed by atoms with E-state index in [1.807, 2.05) is 0 Å². The molecule has 0 aromatic heterocycles. The summed E-state index contributed by atoms with van der Waals surface area (Å²) in [5.74, 6) is -0.334. The number of hydrogen-bond acceptors (Lipinski definition) is 2. The van der Waals surface area contributed by atoms with Crippen LogP contribution in [0, 0.1) is 28.6 Å². The largest absolute Gasteiger partial charge is 0.481 e. The number of carbonyl (C=O) groups excluding carboxylic acids is 1. The fourth-order valence-corrected chi connectivity index (χ4v) is 5.29. The maximum atomic E-state index is 12.0. The Morgan fingerprint density at radius 2 is 2.00 bits per heavy atom. The molecule has 3 saturated carbocycles. The first-order chi connectivity index (χ1) is 8.30. The molecule has 3 heteroatoms. The van der Waals surface area contributed by atoms with Gasteiger partial charge in [-0.3, -0.25) is 9.59 Å². The molecule has 0 heterocycles. The van der Waals surface area contributed by atoms with Crippen LogP contribution in [0.3, 0.4) is 0 Å². The SMILES string of the molecule is C=C1C(=O)C[C@H]2C3CC[C@H](C(=O)O)[C@@]12CC3(C)C. The molecule has 2 bridgehead atoms. The second-order valence-electron chi connectivity index (χ2n) is 6.99. The van der Waals surface area contributed by atoms with E-state index >= 15 is 0 Å². The quantitative estimate of drug-likeness (QED) is 0.726. The van der Waals surface area contributed by atoms with Crippen molar-refractivity contribution in [1.29, 1.82) is 0 Å². The molecule has 3 aliphatic rings. The Morgan fingerprint density at radius 3 is 2.61 bits per heavy atom. The molecule has 18 heavy (non-hydrogen) atoms. The molecular weight excluding hydrogens is 228 g/mol. The number of carbonyl (C=O) groups is 2. The average Bonchev–Trinajstić information content (AvgIpc) is 2.57. The minimum atomic E-state index is -0.744. The molecule has 0 amide bonds. The molecule has 0 aromatic carbocycles. The van der Waals surface area contributed by atoms with Crippen molar-refractivity contribution in [3.05, 3.63) is 12.2 Å². The Morgan fingerprint density at radius 1 is 1.33 bits per heavy atom. The molecule has 3 rings (SSSR count). The Balaban J connectivity index is 2.16. The molecule has 98 valence electrons. The number of rotatable bonds is 1. The molecule has 3 aliphatic carbocycles. The summed E-state index contributed by atoms with van der Waals surface area (Å²) >= 11 is 0. The number of hydrogen-bond donors (Lipinski definition) is 1. The van der Waals surface area contributed by atoms with E-state index in [2.05, 4.69) is 20.4 Å². The van der Waals surface area contributed by atoms with Crippen LogP contribution in [-0.4, -0.2) is 16.9 Å². The predicted octanol–water partition coefficient (Wildman–Crippen LogP) is 2.66. The number of aliphatic carboxylic acids is 1. The third kappa shape index (κ3) is 1.15. The van der Waals surface area contributed by atoms with Crippen LogP contribution in [0.5, 0.6) is 0 Å². The minimum absolute atomic E-state index is 0.105. The van der Waals surface area contributed by atoms with Crippen molar-refractivity contribution in [3.63, 3.8) is 0 Å². The highest BCUT2D eigenvalue weighted by Crippen LogP contribution is 2.71. The molecule has 3 nitrogen and oxygen atoms in total. The normalized spacial score (nSPS) is 45.1.